The van der Waals surface area contributed by atoms with Crippen molar-refractivity contribution in [1.29, 1.82) is 0 Å². The monoisotopic (exact) mass is 746 g/mol. The highest BCUT2D eigenvalue weighted by Crippen LogP contribution is 2.33. The van der Waals surface area contributed by atoms with Gasteiger partial charge in [0.1, 0.15) is 18.2 Å². The highest BCUT2D eigenvalue weighted by molar-refractivity contribution is 9.10. The van der Waals surface area contributed by atoms with Crippen LogP contribution in [-0.4, -0.2) is 81.7 Å². The highest BCUT2D eigenvalue weighted by atomic mass is 79.9. The summed E-state index contributed by atoms with van der Waals surface area (Å²) in [6.45, 7) is 17.7. The van der Waals surface area contributed by atoms with E-state index >= 15 is 0 Å². The molecule has 1 atom stereocenters. The van der Waals surface area contributed by atoms with Crippen molar-refractivity contribution in [3.63, 3.8) is 0 Å². The van der Waals surface area contributed by atoms with E-state index in [1.165, 1.54) is 0 Å². The third kappa shape index (κ3) is 14.6. The molecule has 0 saturated carbocycles. The Morgan fingerprint density at radius 3 is 2.09 bits per heavy atom. The molecular formula is C31H51BrN2O8SSi2. The van der Waals surface area contributed by atoms with Crippen molar-refractivity contribution in [2.24, 2.45) is 0 Å². The summed E-state index contributed by atoms with van der Waals surface area (Å²) in [7, 11) is -6.47. The first-order chi connectivity index (χ1) is 20.8. The Hall–Kier alpha value is -1.95. The van der Waals surface area contributed by atoms with E-state index in [4.69, 9.17) is 18.9 Å². The molecule has 0 aliphatic heterocycles. The zero-order valence-electron chi connectivity index (χ0n) is 28.2. The predicted molar refractivity (Wildman–Crippen MR) is 189 cm³/mol. The van der Waals surface area contributed by atoms with E-state index < -0.39 is 38.2 Å². The molecule has 14 heteroatoms. The van der Waals surface area contributed by atoms with E-state index in [0.717, 1.165) is 38.2 Å². The summed E-state index contributed by atoms with van der Waals surface area (Å²) in [6, 6.07) is 10.3. The molecule has 0 radical (unpaired) electrons. The van der Waals surface area contributed by atoms with Crippen molar-refractivity contribution in [2.45, 2.75) is 71.3 Å². The lowest BCUT2D eigenvalue weighted by molar-refractivity contribution is -0.123. The fourth-order valence-electron chi connectivity index (χ4n) is 3.99. The number of aryl methyl sites for hydroxylation is 2. The molecular weight excluding hydrogens is 696 g/mol. The summed E-state index contributed by atoms with van der Waals surface area (Å²) in [6.07, 6.45) is -0.0259. The van der Waals surface area contributed by atoms with Gasteiger partial charge in [0, 0.05) is 40.4 Å². The Morgan fingerprint density at radius 1 is 0.956 bits per heavy atom. The van der Waals surface area contributed by atoms with Gasteiger partial charge in [-0.2, -0.15) is 0 Å². The zero-order valence-corrected chi connectivity index (χ0v) is 32.6. The number of sulfonamides is 1. The molecule has 1 amide bonds. The second-order valence-corrected chi connectivity index (χ2v) is 27.6. The third-order valence-electron chi connectivity index (χ3n) is 6.81. The summed E-state index contributed by atoms with van der Waals surface area (Å²) in [5, 5.41) is 13.6. The van der Waals surface area contributed by atoms with Crippen LogP contribution in [0.25, 0.3) is 0 Å². The Balaban J connectivity index is 2.17. The molecule has 45 heavy (non-hydrogen) atoms. The van der Waals surface area contributed by atoms with Crippen molar-refractivity contribution >= 4 is 53.7 Å². The minimum atomic E-state index is -3.79. The number of aliphatic hydroxyl groups excluding tert-OH is 1. The SMILES string of the molecule is Cc1cc(OCC(=O)NC[C@@H](O)c2ccc(OCOCC[Si](C)(C)C)c(N(COCC[Si](C)(C)C)S(C)(=O)=O)c2)cc(C)c1Br. The van der Waals surface area contributed by atoms with Crippen LogP contribution < -0.4 is 19.1 Å². The van der Waals surface area contributed by atoms with Gasteiger partial charge in [0.05, 0.1) is 18.0 Å². The molecule has 0 bridgehead atoms. The average Bonchev–Trinajstić information content (AvgIpc) is 2.91. The number of rotatable bonds is 19. The fraction of sp³-hybridized carbons (Fsp3) is 0.581. The van der Waals surface area contributed by atoms with Crippen molar-refractivity contribution in [2.75, 3.05) is 50.5 Å². The maximum atomic E-state index is 12.9. The molecule has 0 aliphatic carbocycles. The van der Waals surface area contributed by atoms with Crippen LogP contribution in [0.2, 0.25) is 51.4 Å². The topological polar surface area (TPSA) is 124 Å². The van der Waals surface area contributed by atoms with Crippen molar-refractivity contribution in [3.8, 4) is 11.5 Å². The fourth-order valence-corrected chi connectivity index (χ4v) is 6.50. The molecule has 0 aromatic heterocycles. The van der Waals surface area contributed by atoms with Gasteiger partial charge in [0.25, 0.3) is 5.91 Å². The first kappa shape index (κ1) is 39.2. The van der Waals surface area contributed by atoms with E-state index in [1.54, 1.807) is 18.2 Å². The second-order valence-electron chi connectivity index (χ2n) is 13.6. The Kier molecular flexibility index (Phi) is 15.1. The third-order valence-corrected chi connectivity index (χ3v) is 12.6. The number of carbonyl (C=O) groups excluding carboxylic acids is 1. The molecule has 10 nitrogen and oxygen atoms in total. The van der Waals surface area contributed by atoms with Crippen LogP contribution in [0.4, 0.5) is 5.69 Å². The lowest BCUT2D eigenvalue weighted by Gasteiger charge is -2.26. The molecule has 0 heterocycles. The van der Waals surface area contributed by atoms with Gasteiger partial charge < -0.3 is 29.4 Å². The Morgan fingerprint density at radius 2 is 1.53 bits per heavy atom. The number of halogens is 1. The molecule has 0 saturated heterocycles. The van der Waals surface area contributed by atoms with Gasteiger partial charge in [0.2, 0.25) is 10.0 Å². The minimum Gasteiger partial charge on any atom is -0.484 e. The van der Waals surface area contributed by atoms with Gasteiger partial charge >= 0.3 is 0 Å². The molecule has 2 aromatic rings. The Labute approximate surface area is 280 Å². The van der Waals surface area contributed by atoms with Crippen molar-refractivity contribution < 1.29 is 37.3 Å². The maximum Gasteiger partial charge on any atom is 0.258 e. The van der Waals surface area contributed by atoms with Crippen LogP contribution in [0.3, 0.4) is 0 Å². The minimum absolute atomic E-state index is 0.0546. The molecule has 2 aromatic carbocycles. The van der Waals surface area contributed by atoms with E-state index in [1.807, 2.05) is 26.0 Å². The second kappa shape index (κ2) is 17.3. The number of anilines is 1. The van der Waals surface area contributed by atoms with Crippen molar-refractivity contribution in [1.82, 2.24) is 5.32 Å². The van der Waals surface area contributed by atoms with Crippen LogP contribution in [0.15, 0.2) is 34.8 Å². The standard InChI is InChI=1S/C31H51BrN2O8SSi2/c1-23-16-26(17-24(2)31(23)32)41-20-30(36)33-19-28(35)25-10-11-29(42-22-40-13-15-45(7,8)9)27(18-25)34(43(3,37)38)21-39-12-14-44(4,5)6/h10-11,16-18,28,35H,12-15,19-22H2,1-9H3,(H,33,36)/t28-/m1/s1. The van der Waals surface area contributed by atoms with Crippen LogP contribution in [-0.2, 0) is 24.3 Å². The molecule has 2 rings (SSSR count). The summed E-state index contributed by atoms with van der Waals surface area (Å²) in [4.78, 5) is 12.5. The van der Waals surface area contributed by atoms with Gasteiger partial charge in [-0.3, -0.25) is 4.79 Å². The number of nitrogens with zero attached hydrogens (tertiary/aromatic N) is 1. The molecule has 254 valence electrons. The van der Waals surface area contributed by atoms with Gasteiger partial charge in [-0.15, -0.1) is 0 Å². The number of nitrogens with one attached hydrogen (secondary N) is 1. The number of benzene rings is 2. The zero-order chi connectivity index (χ0) is 34.0. The number of carbonyl (C=O) groups is 1. The number of hydrogen-bond donors (Lipinski definition) is 2. The first-order valence-electron chi connectivity index (χ1n) is 15.0. The molecule has 0 spiro atoms. The summed E-state index contributed by atoms with van der Waals surface area (Å²) in [5.74, 6) is 0.439. The van der Waals surface area contributed by atoms with Crippen LogP contribution >= 0.6 is 15.9 Å². The largest absolute Gasteiger partial charge is 0.484 e. The van der Waals surface area contributed by atoms with E-state index in [-0.39, 0.29) is 38.1 Å². The number of ether oxygens (including phenoxy) is 4. The smallest absolute Gasteiger partial charge is 0.258 e. The van der Waals surface area contributed by atoms with Gasteiger partial charge in [-0.05, 0) is 66.9 Å². The van der Waals surface area contributed by atoms with E-state index in [2.05, 4.69) is 60.5 Å². The highest BCUT2D eigenvalue weighted by Gasteiger charge is 2.24. The lowest BCUT2D eigenvalue weighted by Crippen LogP contribution is -2.34. The predicted octanol–water partition coefficient (Wildman–Crippen LogP) is 6.06. The van der Waals surface area contributed by atoms with Crippen LogP contribution in [0.5, 0.6) is 11.5 Å². The number of amides is 1. The number of aliphatic hydroxyl groups is 1. The van der Waals surface area contributed by atoms with Crippen molar-refractivity contribution in [3.05, 3.63) is 51.5 Å². The normalized spacial score (nSPS) is 13.0. The summed E-state index contributed by atoms with van der Waals surface area (Å²) in [5.41, 5.74) is 2.60. The molecule has 0 fully saturated rings. The first-order valence-corrected chi connectivity index (χ1v) is 25.1. The maximum absolute atomic E-state index is 12.9. The molecule has 0 unspecified atom stereocenters. The lowest BCUT2D eigenvalue weighted by atomic mass is 10.1. The van der Waals surface area contributed by atoms with Gasteiger partial charge in [-0.1, -0.05) is 61.3 Å². The van der Waals surface area contributed by atoms with Gasteiger partial charge in [-0.25, -0.2) is 12.7 Å². The summed E-state index contributed by atoms with van der Waals surface area (Å²) >= 11 is 3.52. The molecule has 0 aliphatic rings. The van der Waals surface area contributed by atoms with E-state index in [9.17, 15) is 18.3 Å². The average molecular weight is 748 g/mol. The summed E-state index contributed by atoms with van der Waals surface area (Å²) < 4.78 is 51.0. The quantitative estimate of drug-likeness (QED) is 0.101. The van der Waals surface area contributed by atoms with E-state index in [0.29, 0.717) is 24.5 Å². The van der Waals surface area contributed by atoms with Crippen LogP contribution in [0.1, 0.15) is 22.8 Å². The molecule has 2 N–H and O–H groups in total. The van der Waals surface area contributed by atoms with Gasteiger partial charge in [0.15, 0.2) is 13.4 Å². The Bertz CT molecular complexity index is 1360. The number of hydrogen-bond acceptors (Lipinski definition) is 8. The van der Waals surface area contributed by atoms with Crippen LogP contribution in [0, 0.1) is 13.8 Å².